The van der Waals surface area contributed by atoms with Gasteiger partial charge in [-0.3, -0.25) is 0 Å². The van der Waals surface area contributed by atoms with Crippen molar-refractivity contribution in [2.45, 2.75) is 18.2 Å². The lowest BCUT2D eigenvalue weighted by Crippen LogP contribution is -2.07. The van der Waals surface area contributed by atoms with Crippen LogP contribution in [-0.4, -0.2) is 12.6 Å². The SMILES string of the molecule is CCOC(=O)c1cc(C(F)F)cc(C#N)c1S. The molecule has 1 rings (SSSR count). The van der Waals surface area contributed by atoms with Gasteiger partial charge in [-0.05, 0) is 19.1 Å². The van der Waals surface area contributed by atoms with Crippen molar-refractivity contribution < 1.29 is 18.3 Å². The van der Waals surface area contributed by atoms with E-state index in [2.05, 4.69) is 12.6 Å². The van der Waals surface area contributed by atoms with Crippen molar-refractivity contribution >= 4 is 18.6 Å². The molecule has 0 spiro atoms. The average Bonchev–Trinajstić information content (AvgIpc) is 2.29. The maximum absolute atomic E-state index is 12.6. The third-order valence-electron chi connectivity index (χ3n) is 2.00. The Hall–Kier alpha value is -1.61. The van der Waals surface area contributed by atoms with Gasteiger partial charge in [-0.1, -0.05) is 0 Å². The zero-order chi connectivity index (χ0) is 13.0. The Morgan fingerprint density at radius 1 is 1.59 bits per heavy atom. The van der Waals surface area contributed by atoms with E-state index in [9.17, 15) is 13.6 Å². The van der Waals surface area contributed by atoms with Crippen LogP contribution in [0.15, 0.2) is 17.0 Å². The summed E-state index contributed by atoms with van der Waals surface area (Å²) in [4.78, 5) is 11.5. The fraction of sp³-hybridized carbons (Fsp3) is 0.273. The van der Waals surface area contributed by atoms with Crippen molar-refractivity contribution in [1.82, 2.24) is 0 Å². The number of nitriles is 1. The normalized spacial score (nSPS) is 10.1. The number of carbonyl (C=O) groups excluding carboxylic acids is 1. The van der Waals surface area contributed by atoms with Gasteiger partial charge in [0, 0.05) is 10.5 Å². The molecule has 0 saturated carbocycles. The summed E-state index contributed by atoms with van der Waals surface area (Å²) in [5, 5.41) is 8.76. The quantitative estimate of drug-likeness (QED) is 0.669. The summed E-state index contributed by atoms with van der Waals surface area (Å²) in [6.45, 7) is 1.71. The van der Waals surface area contributed by atoms with E-state index >= 15 is 0 Å². The van der Waals surface area contributed by atoms with Crippen LogP contribution in [0.1, 0.15) is 34.8 Å². The van der Waals surface area contributed by atoms with Crippen molar-refractivity contribution in [2.24, 2.45) is 0 Å². The van der Waals surface area contributed by atoms with Crippen LogP contribution in [0.2, 0.25) is 0 Å². The molecule has 0 unspecified atom stereocenters. The maximum Gasteiger partial charge on any atom is 0.339 e. The lowest BCUT2D eigenvalue weighted by atomic mass is 10.1. The van der Waals surface area contributed by atoms with E-state index in [-0.39, 0.29) is 22.6 Å². The topological polar surface area (TPSA) is 50.1 Å². The minimum absolute atomic E-state index is 0.0513. The molecule has 90 valence electrons. The Morgan fingerprint density at radius 3 is 2.71 bits per heavy atom. The number of alkyl halides is 2. The Bertz CT molecular complexity index is 483. The van der Waals surface area contributed by atoms with Crippen LogP contribution in [0.3, 0.4) is 0 Å². The third kappa shape index (κ3) is 2.94. The number of nitrogens with zero attached hydrogens (tertiary/aromatic N) is 1. The molecule has 1 aromatic rings. The first-order valence-electron chi connectivity index (χ1n) is 4.73. The van der Waals surface area contributed by atoms with Crippen molar-refractivity contribution in [3.05, 3.63) is 28.8 Å². The van der Waals surface area contributed by atoms with Gasteiger partial charge in [-0.15, -0.1) is 12.6 Å². The van der Waals surface area contributed by atoms with Gasteiger partial charge in [0.25, 0.3) is 6.43 Å². The fourth-order valence-electron chi connectivity index (χ4n) is 1.23. The van der Waals surface area contributed by atoms with Gasteiger partial charge in [-0.2, -0.15) is 5.26 Å². The fourth-order valence-corrected chi connectivity index (χ4v) is 1.50. The zero-order valence-corrected chi connectivity index (χ0v) is 9.80. The highest BCUT2D eigenvalue weighted by atomic mass is 32.1. The van der Waals surface area contributed by atoms with Gasteiger partial charge >= 0.3 is 5.97 Å². The Balaban J connectivity index is 3.33. The molecule has 0 N–H and O–H groups in total. The molecule has 0 aliphatic heterocycles. The molecular weight excluding hydrogens is 248 g/mol. The predicted molar refractivity (Wildman–Crippen MR) is 59.3 cm³/mol. The first-order chi connectivity index (χ1) is 8.01. The molecule has 0 amide bonds. The van der Waals surface area contributed by atoms with Crippen molar-refractivity contribution in [3.8, 4) is 6.07 Å². The molecule has 0 saturated heterocycles. The summed E-state index contributed by atoms with van der Waals surface area (Å²) in [6.07, 6.45) is -2.76. The molecule has 3 nitrogen and oxygen atoms in total. The van der Waals surface area contributed by atoms with E-state index in [0.29, 0.717) is 0 Å². The van der Waals surface area contributed by atoms with E-state index in [1.165, 1.54) is 0 Å². The Labute approximate surface area is 102 Å². The van der Waals surface area contributed by atoms with Crippen LogP contribution < -0.4 is 0 Å². The molecule has 6 heteroatoms. The zero-order valence-electron chi connectivity index (χ0n) is 8.91. The average molecular weight is 257 g/mol. The van der Waals surface area contributed by atoms with Gasteiger partial charge in [0.15, 0.2) is 0 Å². The van der Waals surface area contributed by atoms with Crippen LogP contribution in [0.25, 0.3) is 0 Å². The van der Waals surface area contributed by atoms with E-state index in [0.717, 1.165) is 12.1 Å². The highest BCUT2D eigenvalue weighted by Crippen LogP contribution is 2.27. The summed E-state index contributed by atoms with van der Waals surface area (Å²) >= 11 is 3.97. The number of halogens is 2. The standard InChI is InChI=1S/C11H9F2NO2S/c1-2-16-11(15)8-4-6(10(12)13)3-7(5-14)9(8)17/h3-4,10,17H,2H2,1H3. The van der Waals surface area contributed by atoms with Crippen LogP contribution >= 0.6 is 12.6 Å². The predicted octanol–water partition coefficient (Wildman–Crippen LogP) is 2.96. The number of benzene rings is 1. The molecule has 17 heavy (non-hydrogen) atoms. The number of esters is 1. The number of carbonyl (C=O) groups is 1. The van der Waals surface area contributed by atoms with Crippen LogP contribution in [-0.2, 0) is 4.74 Å². The number of hydrogen-bond acceptors (Lipinski definition) is 4. The highest BCUT2D eigenvalue weighted by molar-refractivity contribution is 7.80. The summed E-state index contributed by atoms with van der Waals surface area (Å²) in [7, 11) is 0. The number of rotatable bonds is 3. The van der Waals surface area contributed by atoms with Crippen LogP contribution in [0.4, 0.5) is 8.78 Å². The van der Waals surface area contributed by atoms with E-state index < -0.39 is 18.0 Å². The molecule has 0 radical (unpaired) electrons. The van der Waals surface area contributed by atoms with Gasteiger partial charge in [0.2, 0.25) is 0 Å². The Kier molecular flexibility index (Phi) is 4.46. The second-order valence-electron chi connectivity index (χ2n) is 3.10. The second-order valence-corrected chi connectivity index (χ2v) is 3.54. The number of ether oxygens (including phenoxy) is 1. The molecule has 0 aromatic heterocycles. The van der Waals surface area contributed by atoms with Crippen molar-refractivity contribution in [2.75, 3.05) is 6.61 Å². The molecule has 0 bridgehead atoms. The lowest BCUT2D eigenvalue weighted by molar-refractivity contribution is 0.0522. The van der Waals surface area contributed by atoms with Crippen LogP contribution in [0.5, 0.6) is 0 Å². The largest absolute Gasteiger partial charge is 0.462 e. The third-order valence-corrected chi connectivity index (χ3v) is 2.48. The highest BCUT2D eigenvalue weighted by Gasteiger charge is 2.19. The van der Waals surface area contributed by atoms with Gasteiger partial charge < -0.3 is 4.74 Å². The minimum atomic E-state index is -2.76. The molecule has 0 fully saturated rings. The monoisotopic (exact) mass is 257 g/mol. The molecule has 0 aliphatic rings. The first-order valence-corrected chi connectivity index (χ1v) is 5.18. The van der Waals surface area contributed by atoms with Crippen molar-refractivity contribution in [3.63, 3.8) is 0 Å². The van der Waals surface area contributed by atoms with Gasteiger partial charge in [0.05, 0.1) is 17.7 Å². The Morgan fingerprint density at radius 2 is 2.24 bits per heavy atom. The second kappa shape index (κ2) is 5.64. The van der Waals surface area contributed by atoms with Gasteiger partial charge in [-0.25, -0.2) is 13.6 Å². The van der Waals surface area contributed by atoms with E-state index in [1.54, 1.807) is 13.0 Å². The van der Waals surface area contributed by atoms with Crippen LogP contribution in [0, 0.1) is 11.3 Å². The molecule has 0 heterocycles. The molecule has 1 aromatic carbocycles. The summed E-state index contributed by atoms with van der Waals surface area (Å²) < 4.78 is 29.8. The van der Waals surface area contributed by atoms with E-state index in [4.69, 9.17) is 10.00 Å². The molecule has 0 atom stereocenters. The summed E-state index contributed by atoms with van der Waals surface area (Å²) in [5.41, 5.74) is -0.596. The summed E-state index contributed by atoms with van der Waals surface area (Å²) in [5.74, 6) is -0.767. The minimum Gasteiger partial charge on any atom is -0.462 e. The number of thiol groups is 1. The van der Waals surface area contributed by atoms with E-state index in [1.807, 2.05) is 0 Å². The number of hydrogen-bond donors (Lipinski definition) is 1. The molecular formula is C11H9F2NO2S. The first kappa shape index (κ1) is 13.5. The summed E-state index contributed by atoms with van der Waals surface area (Å²) in [6, 6.07) is 3.71. The van der Waals surface area contributed by atoms with Crippen molar-refractivity contribution in [1.29, 1.82) is 5.26 Å². The lowest BCUT2D eigenvalue weighted by Gasteiger charge is -2.09. The molecule has 0 aliphatic carbocycles. The maximum atomic E-state index is 12.6. The smallest absolute Gasteiger partial charge is 0.339 e. The van der Waals surface area contributed by atoms with Gasteiger partial charge in [0.1, 0.15) is 6.07 Å².